The minimum absolute atomic E-state index is 0.0505. The highest BCUT2D eigenvalue weighted by molar-refractivity contribution is 6.05. The molecule has 3 atom stereocenters. The molecule has 3 unspecified atom stereocenters. The summed E-state index contributed by atoms with van der Waals surface area (Å²) in [6, 6.07) is 0.428. The maximum absolute atomic E-state index is 12.4. The quantitative estimate of drug-likeness (QED) is 0.740. The molecule has 0 bridgehead atoms. The van der Waals surface area contributed by atoms with Gasteiger partial charge in [0.2, 0.25) is 17.7 Å². The van der Waals surface area contributed by atoms with Crippen LogP contribution >= 0.6 is 0 Å². The van der Waals surface area contributed by atoms with Gasteiger partial charge in [0.25, 0.3) is 0 Å². The zero-order valence-corrected chi connectivity index (χ0v) is 14.6. The van der Waals surface area contributed by atoms with Gasteiger partial charge in [0.1, 0.15) is 0 Å². The van der Waals surface area contributed by atoms with E-state index in [4.69, 9.17) is 0 Å². The lowest BCUT2D eigenvalue weighted by Crippen LogP contribution is -2.41. The smallest absolute Gasteiger partial charge is 0.233 e. The Morgan fingerprint density at radius 1 is 1.08 bits per heavy atom. The number of likely N-dealkylation sites (tertiary alicyclic amines) is 2. The van der Waals surface area contributed by atoms with Gasteiger partial charge in [0.15, 0.2) is 0 Å². The van der Waals surface area contributed by atoms with Crippen LogP contribution in [0.4, 0.5) is 0 Å². The molecule has 3 fully saturated rings. The minimum Gasteiger partial charge on any atom is -0.354 e. The molecule has 3 amide bonds. The Bertz CT molecular complexity index is 484. The monoisotopic (exact) mass is 335 g/mol. The third-order valence-electron chi connectivity index (χ3n) is 5.93. The Balaban J connectivity index is 1.44. The summed E-state index contributed by atoms with van der Waals surface area (Å²) in [5.74, 6) is -0.402. The number of likely N-dealkylation sites (N-methyl/N-ethyl adjacent to an activating group) is 1. The van der Waals surface area contributed by atoms with Crippen LogP contribution in [0.15, 0.2) is 0 Å². The van der Waals surface area contributed by atoms with Gasteiger partial charge in [0, 0.05) is 25.6 Å². The maximum atomic E-state index is 12.4. The highest BCUT2D eigenvalue weighted by atomic mass is 16.2. The number of hydrogen-bond donors (Lipinski definition) is 1. The number of hydrogen-bond acceptors (Lipinski definition) is 4. The van der Waals surface area contributed by atoms with Crippen molar-refractivity contribution in [1.82, 2.24) is 15.1 Å². The highest BCUT2D eigenvalue weighted by Crippen LogP contribution is 2.37. The first-order valence-electron chi connectivity index (χ1n) is 9.47. The number of fused-ring (bicyclic) bond motifs is 1. The van der Waals surface area contributed by atoms with E-state index in [1.807, 2.05) is 0 Å². The SMILES string of the molecule is CCN1CCCC1CNC(=O)CCN1C(=O)C2CCCCC2C1=O. The minimum atomic E-state index is -0.120. The van der Waals surface area contributed by atoms with Gasteiger partial charge in [-0.2, -0.15) is 0 Å². The Morgan fingerprint density at radius 2 is 1.75 bits per heavy atom. The van der Waals surface area contributed by atoms with Crippen molar-refractivity contribution < 1.29 is 14.4 Å². The van der Waals surface area contributed by atoms with Crippen molar-refractivity contribution in [2.24, 2.45) is 11.8 Å². The summed E-state index contributed by atoms with van der Waals surface area (Å²) in [5, 5.41) is 2.98. The number of carbonyl (C=O) groups is 3. The number of imide groups is 1. The van der Waals surface area contributed by atoms with E-state index in [0.717, 1.165) is 45.2 Å². The van der Waals surface area contributed by atoms with Crippen molar-refractivity contribution in [3.63, 3.8) is 0 Å². The van der Waals surface area contributed by atoms with Gasteiger partial charge in [-0.1, -0.05) is 19.8 Å². The molecule has 1 saturated carbocycles. The fraction of sp³-hybridized carbons (Fsp3) is 0.833. The summed E-state index contributed by atoms with van der Waals surface area (Å²) in [7, 11) is 0. The summed E-state index contributed by atoms with van der Waals surface area (Å²) >= 11 is 0. The van der Waals surface area contributed by atoms with E-state index in [-0.39, 0.29) is 42.5 Å². The van der Waals surface area contributed by atoms with Gasteiger partial charge in [-0.05, 0) is 38.8 Å². The second kappa shape index (κ2) is 7.64. The van der Waals surface area contributed by atoms with E-state index < -0.39 is 0 Å². The first-order chi connectivity index (χ1) is 11.6. The van der Waals surface area contributed by atoms with Crippen molar-refractivity contribution in [2.45, 2.75) is 57.9 Å². The summed E-state index contributed by atoms with van der Waals surface area (Å²) in [6.45, 7) is 5.17. The Kier molecular flexibility index (Phi) is 5.54. The van der Waals surface area contributed by atoms with Crippen molar-refractivity contribution in [3.8, 4) is 0 Å². The molecule has 3 rings (SSSR count). The lowest BCUT2D eigenvalue weighted by atomic mass is 9.81. The average Bonchev–Trinajstić information content (AvgIpc) is 3.15. The molecule has 1 N–H and O–H groups in total. The van der Waals surface area contributed by atoms with Crippen LogP contribution in [-0.4, -0.2) is 59.7 Å². The van der Waals surface area contributed by atoms with E-state index in [1.165, 1.54) is 11.3 Å². The Hall–Kier alpha value is -1.43. The van der Waals surface area contributed by atoms with Crippen LogP contribution in [0.2, 0.25) is 0 Å². The molecular formula is C18H29N3O3. The maximum Gasteiger partial charge on any atom is 0.233 e. The molecule has 2 heterocycles. The lowest BCUT2D eigenvalue weighted by Gasteiger charge is -2.23. The predicted molar refractivity (Wildman–Crippen MR) is 90.1 cm³/mol. The molecule has 0 spiro atoms. The van der Waals surface area contributed by atoms with E-state index in [0.29, 0.717) is 12.6 Å². The molecular weight excluding hydrogens is 306 g/mol. The van der Waals surface area contributed by atoms with Crippen LogP contribution < -0.4 is 5.32 Å². The third-order valence-corrected chi connectivity index (χ3v) is 5.93. The molecule has 0 aromatic heterocycles. The van der Waals surface area contributed by atoms with Crippen LogP contribution in [0.1, 0.15) is 51.9 Å². The van der Waals surface area contributed by atoms with Crippen LogP contribution in [0.5, 0.6) is 0 Å². The van der Waals surface area contributed by atoms with Crippen LogP contribution in [0, 0.1) is 11.8 Å². The van der Waals surface area contributed by atoms with Crippen molar-refractivity contribution >= 4 is 17.7 Å². The summed E-state index contributed by atoms with van der Waals surface area (Å²) < 4.78 is 0. The molecule has 2 aliphatic heterocycles. The third kappa shape index (κ3) is 3.48. The van der Waals surface area contributed by atoms with Gasteiger partial charge in [0.05, 0.1) is 11.8 Å². The molecule has 0 radical (unpaired) electrons. The van der Waals surface area contributed by atoms with Crippen molar-refractivity contribution in [1.29, 1.82) is 0 Å². The molecule has 3 aliphatic rings. The van der Waals surface area contributed by atoms with Crippen molar-refractivity contribution in [2.75, 3.05) is 26.2 Å². The predicted octanol–water partition coefficient (Wildman–Crippen LogP) is 1.15. The number of rotatable bonds is 6. The number of amides is 3. The second-order valence-electron chi connectivity index (χ2n) is 7.30. The van der Waals surface area contributed by atoms with E-state index in [1.54, 1.807) is 0 Å². The molecule has 134 valence electrons. The van der Waals surface area contributed by atoms with Gasteiger partial charge in [-0.25, -0.2) is 0 Å². The number of nitrogens with zero attached hydrogens (tertiary/aromatic N) is 2. The zero-order valence-electron chi connectivity index (χ0n) is 14.6. The summed E-state index contributed by atoms with van der Waals surface area (Å²) in [4.78, 5) is 40.6. The molecule has 6 nitrogen and oxygen atoms in total. The molecule has 24 heavy (non-hydrogen) atoms. The fourth-order valence-electron chi connectivity index (χ4n) is 4.53. The van der Waals surface area contributed by atoms with Gasteiger partial charge in [-0.3, -0.25) is 24.2 Å². The fourth-order valence-corrected chi connectivity index (χ4v) is 4.53. The molecule has 0 aromatic carbocycles. The topological polar surface area (TPSA) is 69.7 Å². The molecule has 1 aliphatic carbocycles. The standard InChI is InChI=1S/C18H29N3O3/c1-2-20-10-5-6-13(20)12-19-16(22)9-11-21-17(23)14-7-3-4-8-15(14)18(21)24/h13-15H,2-12H2,1H3,(H,19,22). The lowest BCUT2D eigenvalue weighted by molar-refractivity contribution is -0.140. The van der Waals surface area contributed by atoms with Gasteiger partial charge >= 0.3 is 0 Å². The van der Waals surface area contributed by atoms with Crippen LogP contribution in [0.25, 0.3) is 0 Å². The van der Waals surface area contributed by atoms with Gasteiger partial charge in [-0.15, -0.1) is 0 Å². The van der Waals surface area contributed by atoms with Crippen LogP contribution in [-0.2, 0) is 14.4 Å². The largest absolute Gasteiger partial charge is 0.354 e. The van der Waals surface area contributed by atoms with E-state index >= 15 is 0 Å². The van der Waals surface area contributed by atoms with Crippen molar-refractivity contribution in [3.05, 3.63) is 0 Å². The zero-order chi connectivity index (χ0) is 17.1. The first kappa shape index (κ1) is 17.4. The van der Waals surface area contributed by atoms with E-state index in [2.05, 4.69) is 17.1 Å². The summed E-state index contributed by atoms with van der Waals surface area (Å²) in [5.41, 5.74) is 0. The summed E-state index contributed by atoms with van der Waals surface area (Å²) in [6.07, 6.45) is 6.25. The number of carbonyl (C=O) groups excluding carboxylic acids is 3. The molecule has 0 aromatic rings. The number of nitrogens with one attached hydrogen (secondary N) is 1. The first-order valence-corrected chi connectivity index (χ1v) is 9.47. The molecule has 6 heteroatoms. The normalized spacial score (nSPS) is 30.7. The van der Waals surface area contributed by atoms with Gasteiger partial charge < -0.3 is 5.32 Å². The second-order valence-corrected chi connectivity index (χ2v) is 7.30. The highest BCUT2D eigenvalue weighted by Gasteiger charge is 2.47. The average molecular weight is 335 g/mol. The van der Waals surface area contributed by atoms with Crippen LogP contribution in [0.3, 0.4) is 0 Å². The Morgan fingerprint density at radius 3 is 2.38 bits per heavy atom. The molecule has 2 saturated heterocycles. The Labute approximate surface area is 143 Å². The van der Waals surface area contributed by atoms with E-state index in [9.17, 15) is 14.4 Å².